The van der Waals surface area contributed by atoms with E-state index in [2.05, 4.69) is 58.9 Å². The zero-order valence-corrected chi connectivity index (χ0v) is 13.5. The molecule has 0 unspecified atom stereocenters. The van der Waals surface area contributed by atoms with Crippen molar-refractivity contribution in [2.24, 2.45) is 0 Å². The van der Waals surface area contributed by atoms with Gasteiger partial charge in [0, 0.05) is 0 Å². The fraction of sp³-hybridized carbons (Fsp3) is 0.368. The van der Waals surface area contributed by atoms with Gasteiger partial charge in [-0.15, -0.1) is 0 Å². The van der Waals surface area contributed by atoms with Gasteiger partial charge < -0.3 is 0 Å². The summed E-state index contributed by atoms with van der Waals surface area (Å²) in [6, 6.07) is 14.7. The van der Waals surface area contributed by atoms with Crippen LogP contribution in [0.1, 0.15) is 41.7 Å². The average molecular weight is 256 g/mol. The Bertz CT molecular complexity index is 444. The van der Waals surface area contributed by atoms with Gasteiger partial charge in [-0.25, -0.2) is 0 Å². The largest absolute Gasteiger partial charge is 0.0683 e. The monoisotopic (exact) mass is 256 g/mol. The van der Waals surface area contributed by atoms with Crippen molar-refractivity contribution in [2.75, 3.05) is 0 Å². The predicted molar refractivity (Wildman–Crippen MR) is 87.9 cm³/mol. The van der Waals surface area contributed by atoms with E-state index in [9.17, 15) is 0 Å². The summed E-state index contributed by atoms with van der Waals surface area (Å²) < 4.78 is 0. The van der Waals surface area contributed by atoms with Gasteiger partial charge >= 0.3 is 0 Å². The van der Waals surface area contributed by atoms with Crippen molar-refractivity contribution in [3.63, 3.8) is 0 Å². The first kappa shape index (κ1) is 17.4. The third-order valence-corrected chi connectivity index (χ3v) is 3.01. The van der Waals surface area contributed by atoms with Crippen LogP contribution in [0.25, 0.3) is 0 Å². The molecule has 0 fully saturated rings. The van der Waals surface area contributed by atoms with Gasteiger partial charge in [0.1, 0.15) is 0 Å². The molecule has 0 bridgehead atoms. The van der Waals surface area contributed by atoms with Crippen LogP contribution in [-0.4, -0.2) is 0 Å². The molecule has 0 amide bonds. The lowest BCUT2D eigenvalue weighted by atomic mass is 10.0. The van der Waals surface area contributed by atoms with Gasteiger partial charge in [-0.05, 0) is 51.3 Å². The van der Waals surface area contributed by atoms with Crippen LogP contribution >= 0.6 is 0 Å². The van der Waals surface area contributed by atoms with Crippen molar-refractivity contribution >= 4 is 0 Å². The maximum absolute atomic E-state index is 2.22. The summed E-state index contributed by atoms with van der Waals surface area (Å²) in [7, 11) is 0. The Kier molecular flexibility index (Phi) is 8.61. The maximum atomic E-state index is 2.22. The van der Waals surface area contributed by atoms with Gasteiger partial charge in [-0.1, -0.05) is 67.4 Å². The predicted octanol–water partition coefficient (Wildman–Crippen LogP) is 5.94. The number of benzene rings is 2. The molecule has 0 atom stereocenters. The van der Waals surface area contributed by atoms with Crippen LogP contribution in [0.3, 0.4) is 0 Å². The third-order valence-electron chi connectivity index (χ3n) is 3.01. The van der Waals surface area contributed by atoms with E-state index in [1.54, 1.807) is 0 Å². The number of rotatable bonds is 0. The second-order valence-corrected chi connectivity index (χ2v) is 4.68. The van der Waals surface area contributed by atoms with Crippen molar-refractivity contribution in [2.45, 2.75) is 48.5 Å². The highest BCUT2D eigenvalue weighted by molar-refractivity contribution is 5.36. The second-order valence-electron chi connectivity index (χ2n) is 4.68. The zero-order chi connectivity index (χ0) is 14.8. The molecule has 0 aliphatic heterocycles. The Labute approximate surface area is 119 Å². The van der Waals surface area contributed by atoms with Gasteiger partial charge in [-0.2, -0.15) is 0 Å². The van der Waals surface area contributed by atoms with E-state index in [-0.39, 0.29) is 0 Å². The third kappa shape index (κ3) is 6.81. The minimum Gasteiger partial charge on any atom is -0.0683 e. The van der Waals surface area contributed by atoms with E-state index >= 15 is 0 Å². The summed E-state index contributed by atoms with van der Waals surface area (Å²) >= 11 is 0. The highest BCUT2D eigenvalue weighted by atomic mass is 14.0. The summed E-state index contributed by atoms with van der Waals surface area (Å²) in [6.45, 7) is 14.7. The zero-order valence-electron chi connectivity index (χ0n) is 13.5. The normalized spacial score (nSPS) is 8.79. The number of hydrogen-bond donors (Lipinski definition) is 0. The van der Waals surface area contributed by atoms with Gasteiger partial charge in [0.05, 0.1) is 0 Å². The van der Waals surface area contributed by atoms with Crippen LogP contribution in [0.5, 0.6) is 0 Å². The molecule has 104 valence electrons. The molecule has 0 heteroatoms. The molecule has 0 aliphatic carbocycles. The molecule has 0 N–H and O–H groups in total. The first-order chi connectivity index (χ1) is 9.00. The summed E-state index contributed by atoms with van der Waals surface area (Å²) in [6.07, 6.45) is 0. The fourth-order valence-electron chi connectivity index (χ4n) is 1.79. The summed E-state index contributed by atoms with van der Waals surface area (Å²) in [5.41, 5.74) is 6.91. The fourth-order valence-corrected chi connectivity index (χ4v) is 1.79. The van der Waals surface area contributed by atoms with Crippen LogP contribution in [0, 0.1) is 34.6 Å². The topological polar surface area (TPSA) is 0 Å². The molecule has 0 heterocycles. The Morgan fingerprint density at radius 2 is 1.00 bits per heavy atom. The molecule has 0 saturated heterocycles. The summed E-state index contributed by atoms with van der Waals surface area (Å²) in [5, 5.41) is 0. The molecule has 19 heavy (non-hydrogen) atoms. The smallest absolute Gasteiger partial charge is 0.0392 e. The Hall–Kier alpha value is -1.56. The molecule has 2 aromatic carbocycles. The van der Waals surface area contributed by atoms with Crippen molar-refractivity contribution in [3.05, 3.63) is 70.3 Å². The van der Waals surface area contributed by atoms with Gasteiger partial charge in [-0.3, -0.25) is 0 Å². The van der Waals surface area contributed by atoms with Crippen LogP contribution in [0.15, 0.2) is 42.5 Å². The Morgan fingerprint density at radius 1 is 0.579 bits per heavy atom. The summed E-state index contributed by atoms with van der Waals surface area (Å²) in [4.78, 5) is 0. The second kappa shape index (κ2) is 9.38. The van der Waals surface area contributed by atoms with Crippen LogP contribution in [0.4, 0.5) is 0 Å². The molecule has 0 saturated carbocycles. The minimum absolute atomic E-state index is 1.32. The lowest BCUT2D eigenvalue weighted by Crippen LogP contribution is -1.86. The van der Waals surface area contributed by atoms with E-state index in [1.807, 2.05) is 32.0 Å². The Balaban J connectivity index is 0.000000316. The highest BCUT2D eigenvalue weighted by Crippen LogP contribution is 2.13. The SMILES string of the molecule is CC.Cc1cc(C)c(C)c(C)c1.Cc1ccccc1. The molecule has 0 aromatic heterocycles. The molecular formula is C19H28. The van der Waals surface area contributed by atoms with Crippen molar-refractivity contribution < 1.29 is 0 Å². The lowest BCUT2D eigenvalue weighted by Gasteiger charge is -2.04. The number of hydrogen-bond acceptors (Lipinski definition) is 0. The first-order valence-electron chi connectivity index (χ1n) is 7.07. The molecular weight excluding hydrogens is 228 g/mol. The van der Waals surface area contributed by atoms with Crippen LogP contribution in [-0.2, 0) is 0 Å². The highest BCUT2D eigenvalue weighted by Gasteiger charge is 1.95. The van der Waals surface area contributed by atoms with E-state index < -0.39 is 0 Å². The lowest BCUT2D eigenvalue weighted by molar-refractivity contribution is 1.23. The van der Waals surface area contributed by atoms with Gasteiger partial charge in [0.25, 0.3) is 0 Å². The van der Waals surface area contributed by atoms with E-state index in [0.29, 0.717) is 0 Å². The Morgan fingerprint density at radius 3 is 1.32 bits per heavy atom. The molecule has 0 nitrogen and oxygen atoms in total. The minimum atomic E-state index is 1.32. The van der Waals surface area contributed by atoms with Gasteiger partial charge in [0.15, 0.2) is 0 Å². The molecule has 2 rings (SSSR count). The van der Waals surface area contributed by atoms with E-state index in [4.69, 9.17) is 0 Å². The first-order valence-corrected chi connectivity index (χ1v) is 7.07. The quantitative estimate of drug-likeness (QED) is 0.547. The van der Waals surface area contributed by atoms with Crippen molar-refractivity contribution in [1.29, 1.82) is 0 Å². The van der Waals surface area contributed by atoms with E-state index in [1.165, 1.54) is 27.8 Å². The number of aryl methyl sites for hydroxylation is 4. The molecule has 0 aliphatic rings. The standard InChI is InChI=1S/C10H14.C7H8.C2H6/c1-7-5-8(2)10(4)9(3)6-7;1-7-5-3-2-4-6-7;1-2/h5-6H,1-4H3;2-6H,1H3;1-2H3. The molecule has 2 aromatic rings. The average Bonchev–Trinajstić information content (AvgIpc) is 2.40. The van der Waals surface area contributed by atoms with Crippen LogP contribution in [0.2, 0.25) is 0 Å². The van der Waals surface area contributed by atoms with Crippen molar-refractivity contribution in [3.8, 4) is 0 Å². The van der Waals surface area contributed by atoms with Crippen molar-refractivity contribution in [1.82, 2.24) is 0 Å². The summed E-state index contributed by atoms with van der Waals surface area (Å²) in [5.74, 6) is 0. The van der Waals surface area contributed by atoms with E-state index in [0.717, 1.165) is 0 Å². The maximum Gasteiger partial charge on any atom is -0.0392 e. The van der Waals surface area contributed by atoms with Crippen LogP contribution < -0.4 is 0 Å². The molecule has 0 spiro atoms. The van der Waals surface area contributed by atoms with Gasteiger partial charge in [0.2, 0.25) is 0 Å². The molecule has 0 radical (unpaired) electrons.